The number of hydrogen-bond acceptors (Lipinski definition) is 3. The zero-order valence-electron chi connectivity index (χ0n) is 12.1. The maximum atomic E-state index is 13.6. The molecule has 0 aromatic heterocycles. The Kier molecular flexibility index (Phi) is 6.08. The molecule has 1 aromatic carbocycles. The number of nitrogens with zero attached hydrogens (tertiary/aromatic N) is 1. The van der Waals surface area contributed by atoms with Crippen LogP contribution in [-0.2, 0) is 0 Å². The molecule has 0 bridgehead atoms. The fourth-order valence-corrected chi connectivity index (χ4v) is 2.96. The van der Waals surface area contributed by atoms with Crippen LogP contribution >= 0.6 is 0 Å². The molecule has 0 aliphatic carbocycles. The first-order valence-electron chi connectivity index (χ1n) is 7.60. The normalized spacial score (nSPS) is 22.0. The molecular formula is C16H23F2NO2. The van der Waals surface area contributed by atoms with Crippen molar-refractivity contribution in [1.29, 1.82) is 0 Å². The van der Waals surface area contributed by atoms with Gasteiger partial charge in [-0.05, 0) is 31.9 Å². The summed E-state index contributed by atoms with van der Waals surface area (Å²) in [6.45, 7) is 1.55. The second-order valence-electron chi connectivity index (χ2n) is 5.67. The van der Waals surface area contributed by atoms with Crippen LogP contribution < -0.4 is 0 Å². The summed E-state index contributed by atoms with van der Waals surface area (Å²) in [4.78, 5) is 2.15. The van der Waals surface area contributed by atoms with E-state index >= 15 is 0 Å². The average molecular weight is 299 g/mol. The Hall–Kier alpha value is -1.04. The summed E-state index contributed by atoms with van der Waals surface area (Å²) >= 11 is 0. The fraction of sp³-hybridized carbons (Fsp3) is 0.625. The lowest BCUT2D eigenvalue weighted by atomic mass is 10.0. The minimum absolute atomic E-state index is 0.00497. The van der Waals surface area contributed by atoms with Crippen LogP contribution in [0.5, 0.6) is 0 Å². The molecule has 0 amide bonds. The van der Waals surface area contributed by atoms with E-state index in [2.05, 4.69) is 4.90 Å². The lowest BCUT2D eigenvalue weighted by Gasteiger charge is -2.29. The van der Waals surface area contributed by atoms with E-state index in [1.165, 1.54) is 12.1 Å². The van der Waals surface area contributed by atoms with Gasteiger partial charge in [0.1, 0.15) is 0 Å². The Balaban J connectivity index is 1.96. The van der Waals surface area contributed by atoms with E-state index in [0.29, 0.717) is 13.0 Å². The molecule has 0 spiro atoms. The maximum Gasteiger partial charge on any atom is 0.164 e. The van der Waals surface area contributed by atoms with Gasteiger partial charge < -0.3 is 10.2 Å². The smallest absolute Gasteiger partial charge is 0.164 e. The number of aliphatic hydroxyl groups is 2. The van der Waals surface area contributed by atoms with Gasteiger partial charge in [0.2, 0.25) is 0 Å². The van der Waals surface area contributed by atoms with Gasteiger partial charge in [-0.1, -0.05) is 25.0 Å². The molecule has 0 saturated carbocycles. The Morgan fingerprint density at radius 2 is 2.05 bits per heavy atom. The molecule has 2 atom stereocenters. The molecular weight excluding hydrogens is 276 g/mol. The molecule has 1 fully saturated rings. The van der Waals surface area contributed by atoms with Gasteiger partial charge in [0.05, 0.1) is 12.7 Å². The van der Waals surface area contributed by atoms with Gasteiger partial charge in [0.25, 0.3) is 0 Å². The highest BCUT2D eigenvalue weighted by atomic mass is 19.2. The SMILES string of the molecule is OCC1CCCCCN1CCC(O)c1cccc(F)c1F. The molecule has 3 nitrogen and oxygen atoms in total. The van der Waals surface area contributed by atoms with Crippen LogP contribution in [0.4, 0.5) is 8.78 Å². The molecule has 0 radical (unpaired) electrons. The molecule has 5 heteroatoms. The first-order chi connectivity index (χ1) is 10.1. The largest absolute Gasteiger partial charge is 0.395 e. The van der Waals surface area contributed by atoms with E-state index in [1.54, 1.807) is 0 Å². The van der Waals surface area contributed by atoms with Crippen LogP contribution in [0.15, 0.2) is 18.2 Å². The first-order valence-corrected chi connectivity index (χ1v) is 7.60. The van der Waals surface area contributed by atoms with Gasteiger partial charge in [0.15, 0.2) is 11.6 Å². The van der Waals surface area contributed by atoms with Crippen molar-refractivity contribution in [2.75, 3.05) is 19.7 Å². The van der Waals surface area contributed by atoms with Crippen LogP contribution in [0.3, 0.4) is 0 Å². The maximum absolute atomic E-state index is 13.6. The van der Waals surface area contributed by atoms with Gasteiger partial charge in [-0.3, -0.25) is 4.90 Å². The van der Waals surface area contributed by atoms with Crippen LogP contribution in [-0.4, -0.2) is 40.9 Å². The van der Waals surface area contributed by atoms with Gasteiger partial charge >= 0.3 is 0 Å². The molecule has 2 N–H and O–H groups in total. The Morgan fingerprint density at radius 1 is 1.24 bits per heavy atom. The number of benzene rings is 1. The molecule has 2 unspecified atom stereocenters. The minimum atomic E-state index is -1.02. The molecule has 21 heavy (non-hydrogen) atoms. The van der Waals surface area contributed by atoms with Crippen LogP contribution in [0.1, 0.15) is 43.8 Å². The predicted molar refractivity (Wildman–Crippen MR) is 76.8 cm³/mol. The second-order valence-corrected chi connectivity index (χ2v) is 5.67. The lowest BCUT2D eigenvalue weighted by Crippen LogP contribution is -2.38. The third kappa shape index (κ3) is 4.22. The third-order valence-electron chi connectivity index (χ3n) is 4.24. The highest BCUT2D eigenvalue weighted by Crippen LogP contribution is 2.24. The minimum Gasteiger partial charge on any atom is -0.395 e. The van der Waals surface area contributed by atoms with Crippen molar-refractivity contribution in [1.82, 2.24) is 4.90 Å². The van der Waals surface area contributed by atoms with Crippen molar-refractivity contribution in [3.05, 3.63) is 35.4 Å². The van der Waals surface area contributed by atoms with Crippen LogP contribution in [0, 0.1) is 11.6 Å². The highest BCUT2D eigenvalue weighted by molar-refractivity contribution is 5.21. The Bertz CT molecular complexity index is 456. The Morgan fingerprint density at radius 3 is 2.81 bits per heavy atom. The zero-order chi connectivity index (χ0) is 15.2. The summed E-state index contributed by atoms with van der Waals surface area (Å²) in [5, 5.41) is 19.5. The quantitative estimate of drug-likeness (QED) is 0.878. The van der Waals surface area contributed by atoms with Gasteiger partial charge in [-0.25, -0.2) is 8.78 Å². The van der Waals surface area contributed by atoms with Crippen LogP contribution in [0.2, 0.25) is 0 Å². The van der Waals surface area contributed by atoms with Crippen molar-refractivity contribution in [2.24, 2.45) is 0 Å². The molecule has 1 aliphatic heterocycles. The molecule has 1 aliphatic rings. The van der Waals surface area contributed by atoms with Crippen molar-refractivity contribution < 1.29 is 19.0 Å². The molecule has 1 saturated heterocycles. The second kappa shape index (κ2) is 7.82. The summed E-state index contributed by atoms with van der Waals surface area (Å²) in [6.07, 6.45) is 3.57. The molecule has 1 aromatic rings. The number of hydrogen-bond donors (Lipinski definition) is 2. The summed E-state index contributed by atoms with van der Waals surface area (Å²) < 4.78 is 26.8. The van der Waals surface area contributed by atoms with E-state index in [0.717, 1.165) is 38.3 Å². The topological polar surface area (TPSA) is 43.7 Å². The van der Waals surface area contributed by atoms with E-state index in [1.807, 2.05) is 0 Å². The van der Waals surface area contributed by atoms with Gasteiger partial charge in [-0.15, -0.1) is 0 Å². The van der Waals surface area contributed by atoms with Crippen molar-refractivity contribution in [3.8, 4) is 0 Å². The average Bonchev–Trinajstić information content (AvgIpc) is 2.72. The predicted octanol–water partition coefficient (Wildman–Crippen LogP) is 2.63. The van der Waals surface area contributed by atoms with E-state index in [-0.39, 0.29) is 18.2 Å². The van der Waals surface area contributed by atoms with Crippen molar-refractivity contribution in [3.63, 3.8) is 0 Å². The highest BCUT2D eigenvalue weighted by Gasteiger charge is 2.22. The van der Waals surface area contributed by atoms with E-state index < -0.39 is 17.7 Å². The van der Waals surface area contributed by atoms with E-state index in [9.17, 15) is 19.0 Å². The van der Waals surface area contributed by atoms with Gasteiger partial charge in [0, 0.05) is 18.2 Å². The fourth-order valence-electron chi connectivity index (χ4n) is 2.96. The van der Waals surface area contributed by atoms with E-state index in [4.69, 9.17) is 0 Å². The van der Waals surface area contributed by atoms with Crippen molar-refractivity contribution >= 4 is 0 Å². The van der Waals surface area contributed by atoms with Crippen LogP contribution in [0.25, 0.3) is 0 Å². The molecule has 1 heterocycles. The first kappa shape index (κ1) is 16.3. The van der Waals surface area contributed by atoms with Crippen molar-refractivity contribution in [2.45, 2.75) is 44.2 Å². The summed E-state index contributed by atoms with van der Waals surface area (Å²) in [5.41, 5.74) is 0.00497. The van der Waals surface area contributed by atoms with Gasteiger partial charge in [-0.2, -0.15) is 0 Å². The number of rotatable bonds is 5. The lowest BCUT2D eigenvalue weighted by molar-refractivity contribution is 0.0932. The monoisotopic (exact) mass is 299 g/mol. The number of halogens is 2. The number of likely N-dealkylation sites (tertiary alicyclic amines) is 1. The molecule has 2 rings (SSSR count). The third-order valence-corrected chi connectivity index (χ3v) is 4.24. The zero-order valence-corrected chi connectivity index (χ0v) is 12.1. The number of aliphatic hydroxyl groups excluding tert-OH is 2. The molecule has 118 valence electrons. The summed E-state index contributed by atoms with van der Waals surface area (Å²) in [5.74, 6) is -1.91. The summed E-state index contributed by atoms with van der Waals surface area (Å²) in [7, 11) is 0. The standard InChI is InChI=1S/C16H23F2NO2/c17-14-7-4-6-13(16(14)18)15(21)8-10-19-9-3-1-2-5-12(19)11-20/h4,6-7,12,15,20-21H,1-3,5,8-11H2. The summed E-state index contributed by atoms with van der Waals surface area (Å²) in [6, 6.07) is 3.97. The Labute approximate surface area is 124 Å².